The summed E-state index contributed by atoms with van der Waals surface area (Å²) in [5.74, 6) is -0.383. The number of hydrogen-bond donors (Lipinski definition) is 1. The molecule has 0 aliphatic carbocycles. The summed E-state index contributed by atoms with van der Waals surface area (Å²) in [7, 11) is -1.66. The van der Waals surface area contributed by atoms with Gasteiger partial charge in [0.15, 0.2) is 9.84 Å². The van der Waals surface area contributed by atoms with E-state index in [1.54, 1.807) is 31.3 Å². The van der Waals surface area contributed by atoms with Crippen LogP contribution in [0.2, 0.25) is 0 Å². The van der Waals surface area contributed by atoms with Gasteiger partial charge in [0.05, 0.1) is 17.2 Å². The van der Waals surface area contributed by atoms with Crippen molar-refractivity contribution in [2.45, 2.75) is 23.8 Å². The molecule has 2 aromatic carbocycles. The fourth-order valence-corrected chi connectivity index (χ4v) is 3.94. The Morgan fingerprint density at radius 1 is 1.19 bits per heavy atom. The number of para-hydroxylation sites is 1. The Hall–Kier alpha value is -3.40. The quantitative estimate of drug-likeness (QED) is 0.568. The average Bonchev–Trinajstić information content (AvgIpc) is 3.22. The summed E-state index contributed by atoms with van der Waals surface area (Å²) in [5.41, 5.74) is 6.47. The second kappa shape index (κ2) is 9.82. The number of hydrogen-bond acceptors (Lipinski definition) is 7. The molecule has 1 aliphatic rings. The highest BCUT2D eigenvalue weighted by Gasteiger charge is 2.35. The molecule has 2 N–H and O–H groups in total. The van der Waals surface area contributed by atoms with Gasteiger partial charge in [-0.25, -0.2) is 8.42 Å². The molecular formula is C22H26N4O5S. The third-order valence-electron chi connectivity index (χ3n) is 4.99. The zero-order valence-corrected chi connectivity index (χ0v) is 18.8. The Balaban J connectivity index is 1.56. The minimum Gasteiger partial charge on any atom is -0.493 e. The smallest absolute Gasteiger partial charge is 0.269 e. The predicted molar refractivity (Wildman–Crippen MR) is 121 cm³/mol. The van der Waals surface area contributed by atoms with Crippen LogP contribution < -0.4 is 15.5 Å². The number of benzene rings is 2. The number of nitrogens with zero attached hydrogens (tertiary/aromatic N) is 3. The minimum atomic E-state index is -3.31. The lowest BCUT2D eigenvalue weighted by atomic mass is 10.1. The Bertz CT molecular complexity index is 1120. The first-order chi connectivity index (χ1) is 15.2. The first-order valence-electron chi connectivity index (χ1n) is 10.1. The largest absolute Gasteiger partial charge is 0.493 e. The van der Waals surface area contributed by atoms with Crippen LogP contribution in [0.1, 0.15) is 12.8 Å². The second-order valence-corrected chi connectivity index (χ2v) is 9.54. The number of nitrogens with two attached hydrogens (primary N) is 1. The van der Waals surface area contributed by atoms with Gasteiger partial charge in [-0.15, -0.1) is 0 Å². The molecule has 1 atom stereocenters. The fraction of sp³-hybridized carbons (Fsp3) is 0.318. The van der Waals surface area contributed by atoms with E-state index in [-0.39, 0.29) is 22.9 Å². The van der Waals surface area contributed by atoms with Gasteiger partial charge in [0.1, 0.15) is 17.5 Å². The lowest BCUT2D eigenvalue weighted by molar-refractivity contribution is -0.123. The molecule has 1 heterocycles. The van der Waals surface area contributed by atoms with Gasteiger partial charge in [-0.3, -0.25) is 14.6 Å². The summed E-state index contributed by atoms with van der Waals surface area (Å²) in [6, 6.07) is 14.7. The van der Waals surface area contributed by atoms with E-state index in [1.807, 2.05) is 18.2 Å². The molecule has 1 unspecified atom stereocenters. The lowest BCUT2D eigenvalue weighted by Crippen LogP contribution is -2.40. The van der Waals surface area contributed by atoms with E-state index in [0.29, 0.717) is 31.0 Å². The predicted octanol–water partition coefficient (Wildman–Crippen LogP) is 1.44. The number of anilines is 1. The van der Waals surface area contributed by atoms with E-state index in [9.17, 15) is 18.0 Å². The zero-order chi connectivity index (χ0) is 23.3. The first kappa shape index (κ1) is 23.3. The second-order valence-electron chi connectivity index (χ2n) is 7.52. The zero-order valence-electron chi connectivity index (χ0n) is 18.0. The lowest BCUT2D eigenvalue weighted by Gasteiger charge is -2.20. The van der Waals surface area contributed by atoms with Crippen LogP contribution in [0, 0.1) is 0 Å². The van der Waals surface area contributed by atoms with Crippen LogP contribution in [0.4, 0.5) is 5.69 Å². The van der Waals surface area contributed by atoms with Crippen molar-refractivity contribution in [3.8, 4) is 5.75 Å². The highest BCUT2D eigenvalue weighted by molar-refractivity contribution is 7.90. The molecule has 170 valence electrons. The normalized spacial score (nSPS) is 15.9. The van der Waals surface area contributed by atoms with Crippen molar-refractivity contribution in [3.05, 3.63) is 54.6 Å². The summed E-state index contributed by atoms with van der Waals surface area (Å²) in [4.78, 5) is 26.4. The van der Waals surface area contributed by atoms with Crippen molar-refractivity contribution < 1.29 is 22.7 Å². The van der Waals surface area contributed by atoms with Crippen molar-refractivity contribution in [2.75, 3.05) is 31.5 Å². The van der Waals surface area contributed by atoms with E-state index in [1.165, 1.54) is 22.0 Å². The Labute approximate surface area is 187 Å². The van der Waals surface area contributed by atoms with Crippen LogP contribution in [0.25, 0.3) is 0 Å². The summed E-state index contributed by atoms with van der Waals surface area (Å²) in [5, 5.41) is 5.85. The molecule has 3 rings (SSSR count). The van der Waals surface area contributed by atoms with Crippen molar-refractivity contribution in [1.29, 1.82) is 0 Å². The van der Waals surface area contributed by atoms with Crippen molar-refractivity contribution >= 4 is 33.1 Å². The monoisotopic (exact) mass is 458 g/mol. The molecule has 0 spiro atoms. The first-order valence-corrected chi connectivity index (χ1v) is 12.0. The number of rotatable bonds is 9. The van der Waals surface area contributed by atoms with E-state index in [0.717, 1.165) is 6.26 Å². The number of sulfone groups is 1. The number of carbonyl (C=O) groups excluding carboxylic acids is 2. The van der Waals surface area contributed by atoms with Gasteiger partial charge in [0.2, 0.25) is 5.91 Å². The Morgan fingerprint density at radius 2 is 1.91 bits per heavy atom. The van der Waals surface area contributed by atoms with Gasteiger partial charge in [-0.05, 0) is 36.8 Å². The van der Waals surface area contributed by atoms with Crippen molar-refractivity contribution in [3.63, 3.8) is 0 Å². The molecule has 10 heteroatoms. The van der Waals surface area contributed by atoms with Crippen LogP contribution >= 0.6 is 0 Å². The number of ether oxygens (including phenoxy) is 1. The summed E-state index contributed by atoms with van der Waals surface area (Å²) >= 11 is 0. The van der Waals surface area contributed by atoms with Gasteiger partial charge < -0.3 is 15.4 Å². The fourth-order valence-electron chi connectivity index (χ4n) is 3.29. The highest BCUT2D eigenvalue weighted by Crippen LogP contribution is 2.25. The van der Waals surface area contributed by atoms with Gasteiger partial charge in [-0.1, -0.05) is 24.3 Å². The third-order valence-corrected chi connectivity index (χ3v) is 6.10. The molecule has 0 fully saturated rings. The maximum absolute atomic E-state index is 12.8. The molecule has 0 saturated heterocycles. The van der Waals surface area contributed by atoms with E-state index in [4.69, 9.17) is 10.5 Å². The average molecular weight is 459 g/mol. The number of primary amides is 1. The van der Waals surface area contributed by atoms with Gasteiger partial charge in [-0.2, -0.15) is 5.10 Å². The van der Waals surface area contributed by atoms with Gasteiger partial charge in [0.25, 0.3) is 5.91 Å². The molecular weight excluding hydrogens is 432 g/mol. The molecule has 0 bridgehead atoms. The van der Waals surface area contributed by atoms with Crippen molar-refractivity contribution in [1.82, 2.24) is 4.90 Å². The van der Waals surface area contributed by atoms with E-state index < -0.39 is 21.8 Å². The molecule has 0 saturated carbocycles. The van der Waals surface area contributed by atoms with Crippen LogP contribution in [0.3, 0.4) is 0 Å². The summed E-state index contributed by atoms with van der Waals surface area (Å²) in [6.07, 6.45) is 1.81. The molecule has 32 heavy (non-hydrogen) atoms. The molecule has 2 amide bonds. The SMILES string of the molecule is CN(CCCOc1cccc(S(C)(=O)=O)c1)C(=O)C1=NN(c2ccccc2)C(C(N)=O)C1. The number of carbonyl (C=O) groups is 2. The molecule has 9 nitrogen and oxygen atoms in total. The van der Waals surface area contributed by atoms with Crippen LogP contribution in [0.15, 0.2) is 64.6 Å². The number of amides is 2. The van der Waals surface area contributed by atoms with E-state index in [2.05, 4.69) is 5.10 Å². The van der Waals surface area contributed by atoms with Gasteiger partial charge in [0, 0.05) is 26.3 Å². The van der Waals surface area contributed by atoms with Gasteiger partial charge >= 0.3 is 0 Å². The summed E-state index contributed by atoms with van der Waals surface area (Å²) < 4.78 is 28.9. The molecule has 0 radical (unpaired) electrons. The minimum absolute atomic E-state index is 0.141. The maximum Gasteiger partial charge on any atom is 0.269 e. The molecule has 2 aromatic rings. The Morgan fingerprint density at radius 3 is 2.56 bits per heavy atom. The highest BCUT2D eigenvalue weighted by atomic mass is 32.2. The topological polar surface area (TPSA) is 122 Å². The third kappa shape index (κ3) is 5.64. The Kier molecular flexibility index (Phi) is 7.14. The van der Waals surface area contributed by atoms with Crippen LogP contribution in [-0.2, 0) is 19.4 Å². The standard InChI is InChI=1S/C22H26N4O5S/c1-25(12-7-13-31-17-10-6-11-18(14-17)32(2,29)30)22(28)19-15-20(21(23)27)26(24-19)16-8-4-3-5-9-16/h3-6,8-11,14,20H,7,12-13,15H2,1-2H3,(H2,23,27). The number of hydrazone groups is 1. The molecule has 1 aliphatic heterocycles. The summed E-state index contributed by atoms with van der Waals surface area (Å²) in [6.45, 7) is 0.702. The maximum atomic E-state index is 12.8. The van der Waals surface area contributed by atoms with E-state index >= 15 is 0 Å². The van der Waals surface area contributed by atoms with Crippen LogP contribution in [-0.4, -0.2) is 63.3 Å². The van der Waals surface area contributed by atoms with Crippen molar-refractivity contribution in [2.24, 2.45) is 10.8 Å². The van der Waals surface area contributed by atoms with Crippen LogP contribution in [0.5, 0.6) is 5.75 Å². The molecule has 0 aromatic heterocycles.